The molecular formula is C92H112Cl2N12O27. The molecule has 39 nitrogen and oxygen atoms in total. The van der Waals surface area contributed by atoms with E-state index in [-0.39, 0.29) is 59.9 Å². The number of amides is 8. The van der Waals surface area contributed by atoms with E-state index in [4.69, 9.17) is 67.8 Å². The smallest absolute Gasteiger partial charge is 0.248 e. The zero-order chi connectivity index (χ0) is 95.3. The molecule has 41 heteroatoms. The summed E-state index contributed by atoms with van der Waals surface area (Å²) in [6.07, 6.45) is -12.8. The number of nitrogens with two attached hydrogens (primary N) is 2. The number of fused-ring (bicyclic) bond motifs is 14. The van der Waals surface area contributed by atoms with Crippen LogP contribution >= 0.6 is 23.2 Å². The number of halogens is 2. The number of phenols is 4. The number of rotatable bonds is 28. The molecule has 0 spiro atoms. The summed E-state index contributed by atoms with van der Waals surface area (Å²) >= 11 is 14.4. The second-order valence-corrected chi connectivity index (χ2v) is 34.8. The van der Waals surface area contributed by atoms with Gasteiger partial charge in [-0.3, -0.25) is 38.4 Å². The van der Waals surface area contributed by atoms with Gasteiger partial charge in [-0.05, 0) is 178 Å². The number of ether oxygens (including phenoxy) is 7. The average molecular weight is 1890 g/mol. The summed E-state index contributed by atoms with van der Waals surface area (Å²) in [4.78, 5) is 128. The molecule has 2 fully saturated rings. The number of benzene rings is 7. The van der Waals surface area contributed by atoms with Crippen molar-refractivity contribution in [1.82, 2.24) is 52.8 Å². The SMILES string of the molecule is CN[C@@H]1C(=O)N[C@@H]2Cc3ccc(cc3)Oc3cc4cc(c3O[C@@H]3O[C@H](CO)[C@@H](O)[C@H](O)[C@H]3NC(=O)CCCCCCCCC(C)C)Oc3ccc(cc3Cl)[C@@H](O)[C@@H]3NC(=O)[C@H](NC(=O)[C@@H]4NC(=O)[C@@H](NC2=O)c2cc(cc(O)c2Cl)Oc2cc1ccc2O)c1ccc(O)c(c1)-c1c(O[C@H]2O[C@H](CO)[C@@H](O)[C@H](O)[C@@H]2O)cc(O)cc1[C@H](C(=O)NCCCN(CCCN)CCCN)NC3=O. The number of likely N-dealkylation sites (N-methyl/N-ethyl adjacent to an activating group) is 1. The van der Waals surface area contributed by atoms with E-state index in [0.29, 0.717) is 69.9 Å². The van der Waals surface area contributed by atoms with Crippen LogP contribution in [0.15, 0.2) is 115 Å². The highest BCUT2D eigenvalue weighted by molar-refractivity contribution is 6.33. The van der Waals surface area contributed by atoms with Crippen LogP contribution in [0.5, 0.6) is 69.0 Å². The summed E-state index contributed by atoms with van der Waals surface area (Å²) in [7, 11) is 1.44. The zero-order valence-electron chi connectivity index (χ0n) is 72.9. The highest BCUT2D eigenvalue weighted by Gasteiger charge is 2.50. The first-order valence-electron chi connectivity index (χ1n) is 44.1. The van der Waals surface area contributed by atoms with Crippen molar-refractivity contribution in [1.29, 1.82) is 0 Å². The molecule has 25 N–H and O–H groups in total. The first-order chi connectivity index (χ1) is 63.8. The van der Waals surface area contributed by atoms with Crippen molar-refractivity contribution in [2.24, 2.45) is 17.4 Å². The Hall–Kier alpha value is -11.5. The summed E-state index contributed by atoms with van der Waals surface area (Å²) in [5.41, 5.74) is 9.26. The van der Waals surface area contributed by atoms with Crippen molar-refractivity contribution >= 4 is 70.5 Å². The van der Waals surface area contributed by atoms with E-state index in [0.717, 1.165) is 92.8 Å². The summed E-state index contributed by atoms with van der Waals surface area (Å²) in [6, 6.07) is 6.48. The molecule has 133 heavy (non-hydrogen) atoms. The molecule has 18 atom stereocenters. The molecule has 15 rings (SSSR count). The van der Waals surface area contributed by atoms with Gasteiger partial charge in [0.15, 0.2) is 23.0 Å². The van der Waals surface area contributed by atoms with Crippen molar-refractivity contribution in [2.75, 3.05) is 59.5 Å². The third-order valence-corrected chi connectivity index (χ3v) is 24.7. The van der Waals surface area contributed by atoms with Crippen molar-refractivity contribution in [3.05, 3.63) is 164 Å². The van der Waals surface area contributed by atoms with Gasteiger partial charge in [-0.25, -0.2) is 0 Å². The molecule has 8 aliphatic heterocycles. The van der Waals surface area contributed by atoms with Crippen LogP contribution in [-0.2, 0) is 54.3 Å². The third-order valence-electron chi connectivity index (χ3n) is 24.0. The second-order valence-electron chi connectivity index (χ2n) is 34.0. The maximum atomic E-state index is 16.9. The first kappa shape index (κ1) is 99.0. The Morgan fingerprint density at radius 1 is 0.534 bits per heavy atom. The van der Waals surface area contributed by atoms with Gasteiger partial charge >= 0.3 is 0 Å². The Bertz CT molecular complexity index is 5360. The molecule has 0 unspecified atom stereocenters. The van der Waals surface area contributed by atoms with Gasteiger partial charge in [0.25, 0.3) is 0 Å². The number of carbonyl (C=O) groups excluding carboxylic acids is 8. The van der Waals surface area contributed by atoms with Crippen molar-refractivity contribution in [3.8, 4) is 80.1 Å². The number of unbranched alkanes of at least 4 members (excludes halogenated alkanes) is 5. The lowest BCUT2D eigenvalue weighted by Crippen LogP contribution is -2.65. The van der Waals surface area contributed by atoms with Gasteiger partial charge in [-0.2, -0.15) is 0 Å². The van der Waals surface area contributed by atoms with Crippen molar-refractivity contribution < 1.29 is 133 Å². The van der Waals surface area contributed by atoms with Gasteiger partial charge in [0.05, 0.1) is 23.3 Å². The molecule has 17 bridgehead atoms. The van der Waals surface area contributed by atoms with Crippen LogP contribution in [0.25, 0.3) is 11.1 Å². The summed E-state index contributed by atoms with van der Waals surface area (Å²) < 4.78 is 45.1. The molecule has 0 radical (unpaired) electrons. The normalized spacial score (nSPS) is 25.4. The Labute approximate surface area is 774 Å². The summed E-state index contributed by atoms with van der Waals surface area (Å²) in [5, 5.41) is 163. The number of aromatic hydroxyl groups is 4. The van der Waals surface area contributed by atoms with E-state index in [1.165, 1.54) is 61.6 Å². The van der Waals surface area contributed by atoms with E-state index in [9.17, 15) is 70.9 Å². The summed E-state index contributed by atoms with van der Waals surface area (Å²) in [6.45, 7) is 4.52. The Kier molecular flexibility index (Phi) is 33.2. The first-order valence-corrected chi connectivity index (χ1v) is 44.8. The van der Waals surface area contributed by atoms with E-state index >= 15 is 28.8 Å². The molecule has 8 amide bonds. The fraction of sp³-hybridized carbons (Fsp3) is 0.457. The molecule has 7 aromatic rings. The zero-order valence-corrected chi connectivity index (χ0v) is 74.4. The molecule has 716 valence electrons. The Balaban J connectivity index is 1.03. The highest BCUT2D eigenvalue weighted by atomic mass is 35.5. The van der Waals surface area contributed by atoms with Crippen LogP contribution in [0.3, 0.4) is 0 Å². The van der Waals surface area contributed by atoms with Gasteiger partial charge in [-0.1, -0.05) is 106 Å². The monoisotopic (exact) mass is 1890 g/mol. The Morgan fingerprint density at radius 2 is 1.14 bits per heavy atom. The number of hydrogen-bond donors (Lipinski definition) is 23. The lowest BCUT2D eigenvalue weighted by Gasteiger charge is -2.42. The molecule has 8 aliphatic rings. The van der Waals surface area contributed by atoms with Crippen LogP contribution in [-0.4, -0.2) is 246 Å². The minimum atomic E-state index is -2.42. The van der Waals surface area contributed by atoms with Crippen LogP contribution in [0, 0.1) is 5.92 Å². The van der Waals surface area contributed by atoms with Crippen molar-refractivity contribution in [3.63, 3.8) is 0 Å². The predicted molar refractivity (Wildman–Crippen MR) is 477 cm³/mol. The fourth-order valence-electron chi connectivity index (χ4n) is 16.8. The van der Waals surface area contributed by atoms with Gasteiger partial charge in [0.2, 0.25) is 65.6 Å². The number of hydrogen-bond acceptors (Lipinski definition) is 31. The number of carbonyl (C=O) groups is 8. The van der Waals surface area contributed by atoms with Crippen molar-refractivity contribution in [2.45, 2.75) is 201 Å². The number of phenolic OH excluding ortho intramolecular Hbond substituents is 4. The fourth-order valence-corrected chi connectivity index (χ4v) is 17.2. The van der Waals surface area contributed by atoms with E-state index in [1.54, 1.807) is 0 Å². The lowest BCUT2D eigenvalue weighted by molar-refractivity contribution is -0.277. The van der Waals surface area contributed by atoms with E-state index < -0.39 is 260 Å². The number of aliphatic hydroxyl groups excluding tert-OH is 8. The second kappa shape index (κ2) is 44.6. The largest absolute Gasteiger partial charge is 0.508 e. The quantitative estimate of drug-likeness (QED) is 0.0312. The molecule has 7 aromatic carbocycles. The van der Waals surface area contributed by atoms with E-state index in [2.05, 4.69) is 66.6 Å². The molecule has 0 aromatic heterocycles. The van der Waals surface area contributed by atoms with Crippen LogP contribution in [0.1, 0.15) is 160 Å². The third kappa shape index (κ3) is 23.3. The molecule has 8 heterocycles. The number of nitrogens with one attached hydrogen (secondary N) is 9. The Morgan fingerprint density at radius 3 is 1.83 bits per heavy atom. The maximum Gasteiger partial charge on any atom is 0.248 e. The maximum absolute atomic E-state index is 16.9. The highest BCUT2D eigenvalue weighted by Crippen LogP contribution is 2.51. The lowest BCUT2D eigenvalue weighted by atomic mass is 9.89. The standard InChI is InChI=1S/C92H112Cl2N12O27/c1-43(2)13-8-6-4-5-7-9-14-67(113)100-76-80(117)78(115)65(41-107)131-91(76)133-83-63-35-48-36-64(83)129-60-24-19-47(33-55(60)93)77(114)75-90(126)104-73(85(121)98-27-12-30-106(28-10-25-95)29-11-26-96)53-37-49(109)38-62(130-92-82(119)81(118)79(116)66(42-108)132-92)68(53)52-32-45(17-22-57(52)110)71(87(123)105-75)101-88(124)72(48)102-89(125)74-54-39-51(40-59(112)69(54)94)128-61-34-46(18-23-58(61)111)70(97-3)86(122)99-56(84(120)103-74)31-44-15-20-50(127-63)21-16-44/h15-24,32-40,43,56,65-66,70-82,91-92,97,107-112,114-119H,4-14,25-31,41-42,95-96H2,1-3H3,(H,98,121)(H,99,122)(H,100,113)(H,101,124)(H,102,125)(H,103,120)(H,104,126)(H,105,123)/t56-,65-,66-,70+,71-,72-,73-,74+,75+,76-,77-,78-,79-,80-,81+,82+,91+,92+/m1/s1. The van der Waals surface area contributed by atoms with Gasteiger partial charge in [0, 0.05) is 48.2 Å². The average Bonchev–Trinajstić information content (AvgIpc) is 0.750. The molecule has 0 saturated carbocycles. The molecular weight excluding hydrogens is 1780 g/mol. The molecule has 2 saturated heterocycles. The minimum absolute atomic E-state index is 0.0807. The van der Waals surface area contributed by atoms with Gasteiger partial charge < -0.3 is 159 Å². The van der Waals surface area contributed by atoms with Crippen LogP contribution in [0.2, 0.25) is 10.0 Å². The van der Waals surface area contributed by atoms with Gasteiger partial charge in [-0.15, -0.1) is 0 Å². The van der Waals surface area contributed by atoms with Gasteiger partial charge in [0.1, 0.15) is 137 Å². The number of nitrogens with zero attached hydrogens (tertiary/aromatic N) is 1. The summed E-state index contributed by atoms with van der Waals surface area (Å²) in [5.74, 6) is -15.0. The molecule has 0 aliphatic carbocycles. The van der Waals surface area contributed by atoms with Crippen LogP contribution in [0.4, 0.5) is 0 Å². The van der Waals surface area contributed by atoms with Crippen LogP contribution < -0.4 is 83.0 Å². The van der Waals surface area contributed by atoms with E-state index in [1.807, 2.05) is 0 Å². The number of aliphatic hydroxyl groups is 8. The predicted octanol–water partition coefficient (Wildman–Crippen LogP) is 3.51. The minimum Gasteiger partial charge on any atom is -0.508 e. The topological polar surface area (TPSA) is 607 Å².